The standard InChI is InChI=1S/C21H19FN2OS/c1-25-17-13-11-16(12-14-17)20(15-7-3-2-4-8-15)24-21(26)23-19-10-6-5-9-18(19)22/h2-14,20H,1H3,(H2,23,24,26)/t20-/m0/s1. The van der Waals surface area contributed by atoms with Crippen molar-refractivity contribution in [3.05, 3.63) is 95.8 Å². The second kappa shape index (κ2) is 8.45. The Morgan fingerprint density at radius 1 is 0.885 bits per heavy atom. The minimum Gasteiger partial charge on any atom is -0.497 e. The Hall–Kier alpha value is -2.92. The number of rotatable bonds is 5. The maximum Gasteiger partial charge on any atom is 0.171 e. The summed E-state index contributed by atoms with van der Waals surface area (Å²) in [5, 5.41) is 6.55. The molecule has 0 aliphatic rings. The van der Waals surface area contributed by atoms with Crippen LogP contribution in [-0.4, -0.2) is 12.2 Å². The second-order valence-electron chi connectivity index (χ2n) is 5.70. The highest BCUT2D eigenvalue weighted by atomic mass is 32.1. The van der Waals surface area contributed by atoms with Crippen molar-refractivity contribution in [1.82, 2.24) is 5.32 Å². The molecule has 0 heterocycles. The summed E-state index contributed by atoms with van der Waals surface area (Å²) in [6, 6.07) is 24.0. The van der Waals surface area contributed by atoms with Crippen molar-refractivity contribution in [1.29, 1.82) is 0 Å². The number of halogens is 1. The predicted molar refractivity (Wildman–Crippen MR) is 107 cm³/mol. The number of anilines is 1. The van der Waals surface area contributed by atoms with Crippen LogP contribution in [0.3, 0.4) is 0 Å². The summed E-state index contributed by atoms with van der Waals surface area (Å²) in [6.07, 6.45) is 0. The van der Waals surface area contributed by atoms with Crippen molar-refractivity contribution < 1.29 is 9.13 Å². The molecule has 2 N–H and O–H groups in total. The van der Waals surface area contributed by atoms with Crippen LogP contribution in [0.2, 0.25) is 0 Å². The summed E-state index contributed by atoms with van der Waals surface area (Å²) in [6.45, 7) is 0. The molecule has 26 heavy (non-hydrogen) atoms. The van der Waals surface area contributed by atoms with Gasteiger partial charge in [0.15, 0.2) is 5.11 Å². The normalized spacial score (nSPS) is 11.5. The van der Waals surface area contributed by atoms with Crippen LogP contribution in [0.5, 0.6) is 5.75 Å². The third kappa shape index (κ3) is 4.37. The number of nitrogens with one attached hydrogen (secondary N) is 2. The summed E-state index contributed by atoms with van der Waals surface area (Å²) in [7, 11) is 1.63. The van der Waals surface area contributed by atoms with Crippen molar-refractivity contribution >= 4 is 23.0 Å². The van der Waals surface area contributed by atoms with Gasteiger partial charge in [0, 0.05) is 0 Å². The van der Waals surface area contributed by atoms with E-state index in [0.29, 0.717) is 10.8 Å². The minimum absolute atomic E-state index is 0.172. The van der Waals surface area contributed by atoms with E-state index in [1.54, 1.807) is 25.3 Å². The highest BCUT2D eigenvalue weighted by Crippen LogP contribution is 2.24. The zero-order valence-corrected chi connectivity index (χ0v) is 15.1. The molecule has 0 unspecified atom stereocenters. The topological polar surface area (TPSA) is 33.3 Å². The lowest BCUT2D eigenvalue weighted by Gasteiger charge is -2.22. The van der Waals surface area contributed by atoms with Gasteiger partial charge in [-0.3, -0.25) is 0 Å². The Balaban J connectivity index is 1.83. The van der Waals surface area contributed by atoms with Gasteiger partial charge in [-0.1, -0.05) is 54.6 Å². The van der Waals surface area contributed by atoms with Crippen LogP contribution in [-0.2, 0) is 0 Å². The first-order valence-electron chi connectivity index (χ1n) is 8.18. The van der Waals surface area contributed by atoms with Gasteiger partial charge in [-0.05, 0) is 47.6 Å². The summed E-state index contributed by atoms with van der Waals surface area (Å²) < 4.78 is 19.1. The molecule has 3 aromatic carbocycles. The second-order valence-corrected chi connectivity index (χ2v) is 6.10. The maximum absolute atomic E-state index is 13.9. The molecule has 0 aromatic heterocycles. The molecule has 0 bridgehead atoms. The van der Waals surface area contributed by atoms with Crippen LogP contribution in [0.25, 0.3) is 0 Å². The Labute approximate surface area is 157 Å². The van der Waals surface area contributed by atoms with Gasteiger partial charge in [0.05, 0.1) is 18.8 Å². The fourth-order valence-corrected chi connectivity index (χ4v) is 2.88. The van der Waals surface area contributed by atoms with Gasteiger partial charge in [-0.25, -0.2) is 4.39 Å². The average molecular weight is 366 g/mol. The Morgan fingerprint density at radius 2 is 1.50 bits per heavy atom. The molecule has 0 aliphatic heterocycles. The Kier molecular flexibility index (Phi) is 5.81. The van der Waals surface area contributed by atoms with Crippen LogP contribution in [0.15, 0.2) is 78.9 Å². The lowest BCUT2D eigenvalue weighted by Crippen LogP contribution is -2.33. The number of ether oxygens (including phenoxy) is 1. The van der Waals surface area contributed by atoms with E-state index in [4.69, 9.17) is 17.0 Å². The molecule has 3 rings (SSSR count). The molecule has 5 heteroatoms. The third-order valence-electron chi connectivity index (χ3n) is 3.98. The molecule has 0 amide bonds. The van der Waals surface area contributed by atoms with Crippen LogP contribution < -0.4 is 15.4 Å². The van der Waals surface area contributed by atoms with E-state index in [-0.39, 0.29) is 11.9 Å². The zero-order valence-electron chi connectivity index (χ0n) is 14.3. The molecule has 0 radical (unpaired) electrons. The highest BCUT2D eigenvalue weighted by molar-refractivity contribution is 7.80. The van der Waals surface area contributed by atoms with Gasteiger partial charge >= 0.3 is 0 Å². The smallest absolute Gasteiger partial charge is 0.171 e. The van der Waals surface area contributed by atoms with Crippen LogP contribution in [0, 0.1) is 5.82 Å². The summed E-state index contributed by atoms with van der Waals surface area (Å²) in [4.78, 5) is 0. The van der Waals surface area contributed by atoms with Crippen LogP contribution in [0.4, 0.5) is 10.1 Å². The molecule has 0 spiro atoms. The third-order valence-corrected chi connectivity index (χ3v) is 4.20. The molecule has 0 fully saturated rings. The molecule has 0 aliphatic carbocycles. The van der Waals surface area contributed by atoms with E-state index in [2.05, 4.69) is 10.6 Å². The van der Waals surface area contributed by atoms with Crippen molar-refractivity contribution in [3.63, 3.8) is 0 Å². The fourth-order valence-electron chi connectivity index (χ4n) is 2.65. The van der Waals surface area contributed by atoms with Gasteiger partial charge in [-0.15, -0.1) is 0 Å². The number of methoxy groups -OCH3 is 1. The van der Waals surface area contributed by atoms with E-state index in [9.17, 15) is 4.39 Å². The van der Waals surface area contributed by atoms with Gasteiger partial charge in [0.25, 0.3) is 0 Å². The number of thiocarbonyl (C=S) groups is 1. The quantitative estimate of drug-likeness (QED) is 0.629. The molecule has 0 saturated heterocycles. The molecule has 1 atom stereocenters. The average Bonchev–Trinajstić information content (AvgIpc) is 2.69. The van der Waals surface area contributed by atoms with E-state index in [0.717, 1.165) is 16.9 Å². The molecular formula is C21H19FN2OS. The zero-order chi connectivity index (χ0) is 18.4. The number of para-hydroxylation sites is 1. The SMILES string of the molecule is COc1ccc([C@@H](NC(=S)Nc2ccccc2F)c2ccccc2)cc1. The fraction of sp³-hybridized carbons (Fsp3) is 0.0952. The first kappa shape index (κ1) is 17.9. The summed E-state index contributed by atoms with van der Waals surface area (Å²) >= 11 is 5.41. The van der Waals surface area contributed by atoms with Crippen molar-refractivity contribution in [3.8, 4) is 5.75 Å². The molecule has 0 saturated carbocycles. The lowest BCUT2D eigenvalue weighted by molar-refractivity contribution is 0.414. The van der Waals surface area contributed by atoms with Gasteiger partial charge in [0.1, 0.15) is 11.6 Å². The van der Waals surface area contributed by atoms with E-state index >= 15 is 0 Å². The van der Waals surface area contributed by atoms with Crippen LogP contribution in [0.1, 0.15) is 17.2 Å². The molecule has 3 aromatic rings. The Morgan fingerprint density at radius 3 is 2.15 bits per heavy atom. The maximum atomic E-state index is 13.9. The minimum atomic E-state index is -0.350. The van der Waals surface area contributed by atoms with E-state index in [1.807, 2.05) is 54.6 Å². The number of hydrogen-bond acceptors (Lipinski definition) is 2. The Bertz CT molecular complexity index is 869. The van der Waals surface area contributed by atoms with Gasteiger partial charge in [-0.2, -0.15) is 0 Å². The summed E-state index contributed by atoms with van der Waals surface area (Å²) in [5.74, 6) is 0.435. The summed E-state index contributed by atoms with van der Waals surface area (Å²) in [5.41, 5.74) is 2.41. The first-order valence-corrected chi connectivity index (χ1v) is 8.59. The van der Waals surface area contributed by atoms with Gasteiger partial charge < -0.3 is 15.4 Å². The number of hydrogen-bond donors (Lipinski definition) is 2. The van der Waals surface area contributed by atoms with E-state index in [1.165, 1.54) is 6.07 Å². The predicted octanol–water partition coefficient (Wildman–Crippen LogP) is 4.91. The monoisotopic (exact) mass is 366 g/mol. The van der Waals surface area contributed by atoms with Crippen molar-refractivity contribution in [2.75, 3.05) is 12.4 Å². The van der Waals surface area contributed by atoms with Crippen molar-refractivity contribution in [2.45, 2.75) is 6.04 Å². The van der Waals surface area contributed by atoms with Crippen molar-refractivity contribution in [2.24, 2.45) is 0 Å². The lowest BCUT2D eigenvalue weighted by atomic mass is 9.99. The molecular weight excluding hydrogens is 347 g/mol. The number of benzene rings is 3. The van der Waals surface area contributed by atoms with Gasteiger partial charge in [0.2, 0.25) is 0 Å². The van der Waals surface area contributed by atoms with E-state index < -0.39 is 0 Å². The first-order chi connectivity index (χ1) is 12.7. The molecule has 3 nitrogen and oxygen atoms in total. The highest BCUT2D eigenvalue weighted by Gasteiger charge is 2.16. The largest absolute Gasteiger partial charge is 0.497 e. The molecule has 132 valence electrons. The van der Waals surface area contributed by atoms with Crippen LogP contribution >= 0.6 is 12.2 Å².